The van der Waals surface area contributed by atoms with E-state index in [1.807, 2.05) is 13.0 Å². The Kier molecular flexibility index (Phi) is 4.13. The Bertz CT molecular complexity index is 442. The molecule has 0 unspecified atom stereocenters. The molecule has 15 heavy (non-hydrogen) atoms. The van der Waals surface area contributed by atoms with E-state index < -0.39 is 19.2 Å². The molecule has 0 fully saturated rings. The zero-order chi connectivity index (χ0) is 11.6. The van der Waals surface area contributed by atoms with Crippen LogP contribution >= 0.6 is 22.6 Å². The molecule has 2 atom stereocenters. The van der Waals surface area contributed by atoms with E-state index in [2.05, 4.69) is 0 Å². The molecule has 0 heterocycles. The van der Waals surface area contributed by atoms with Gasteiger partial charge in [-0.15, -0.1) is 0 Å². The third-order valence-electron chi connectivity index (χ3n) is 2.04. The van der Waals surface area contributed by atoms with E-state index in [0.717, 1.165) is 11.8 Å². The Labute approximate surface area is 104 Å². The van der Waals surface area contributed by atoms with E-state index >= 15 is 0 Å². The molecule has 0 saturated carbocycles. The molecule has 84 valence electrons. The van der Waals surface area contributed by atoms with Gasteiger partial charge >= 0.3 is 0 Å². The summed E-state index contributed by atoms with van der Waals surface area (Å²) in [4.78, 5) is 0. The van der Waals surface area contributed by atoms with E-state index in [4.69, 9.17) is 0 Å². The van der Waals surface area contributed by atoms with Gasteiger partial charge in [0.2, 0.25) is 0 Å². The number of hydrogen-bond donors (Lipinski definition) is 1. The summed E-state index contributed by atoms with van der Waals surface area (Å²) in [5, 5.41) is 9.86. The van der Waals surface area contributed by atoms with E-state index in [-0.39, 0.29) is 0 Å². The molecular formula is C10H13IO3S. The minimum Gasteiger partial charge on any atom is -0.386 e. The average Bonchev–Trinajstić information content (AvgIpc) is 2.14. The first-order valence-corrected chi connectivity index (χ1v) is 7.60. The van der Waals surface area contributed by atoms with Gasteiger partial charge in [-0.1, -0.05) is 52.4 Å². The maximum absolute atomic E-state index is 11.3. The third-order valence-corrected chi connectivity index (χ3v) is 6.57. The maximum Gasteiger partial charge on any atom is 0.162 e. The summed E-state index contributed by atoms with van der Waals surface area (Å²) in [7, 11) is -3.23. The van der Waals surface area contributed by atoms with Crippen LogP contribution in [0.1, 0.15) is 17.2 Å². The fourth-order valence-corrected chi connectivity index (χ4v) is 2.28. The number of aryl methyl sites for hydroxylation is 1. The predicted molar refractivity (Wildman–Crippen MR) is 68.8 cm³/mol. The van der Waals surface area contributed by atoms with Crippen molar-refractivity contribution in [2.45, 2.75) is 16.3 Å². The van der Waals surface area contributed by atoms with Crippen LogP contribution in [0.25, 0.3) is 0 Å². The number of hydrogen-bond acceptors (Lipinski definition) is 3. The van der Waals surface area contributed by atoms with Gasteiger partial charge in [-0.3, -0.25) is 0 Å². The average molecular weight is 340 g/mol. The highest BCUT2D eigenvalue weighted by atomic mass is 127. The lowest BCUT2D eigenvalue weighted by molar-refractivity contribution is 0.197. The highest BCUT2D eigenvalue weighted by molar-refractivity contribution is 14.1. The number of aliphatic hydroxyl groups is 1. The van der Waals surface area contributed by atoms with Crippen molar-refractivity contribution < 1.29 is 13.5 Å². The Morgan fingerprint density at radius 1 is 1.40 bits per heavy atom. The number of sulfone groups is 1. The molecule has 0 aliphatic rings. The topological polar surface area (TPSA) is 54.4 Å². The molecule has 1 N–H and O–H groups in total. The lowest BCUT2D eigenvalue weighted by Gasteiger charge is -2.16. The minimum atomic E-state index is -3.23. The van der Waals surface area contributed by atoms with Gasteiger partial charge in [-0.05, 0) is 12.5 Å². The summed E-state index contributed by atoms with van der Waals surface area (Å²) in [5.74, 6) is 0. The number of rotatable bonds is 3. The summed E-state index contributed by atoms with van der Waals surface area (Å²) in [6.07, 6.45) is 0.156. The minimum absolute atomic E-state index is 0.639. The summed E-state index contributed by atoms with van der Waals surface area (Å²) < 4.78 is 21.7. The van der Waals surface area contributed by atoms with Crippen LogP contribution in [0.4, 0.5) is 0 Å². The molecule has 0 radical (unpaired) electrons. The number of halogens is 1. The van der Waals surface area contributed by atoms with Crippen LogP contribution in [0.15, 0.2) is 24.3 Å². The lowest BCUT2D eigenvalue weighted by atomic mass is 10.1. The molecule has 0 amide bonds. The fraction of sp³-hybridized carbons (Fsp3) is 0.400. The molecule has 0 aromatic heterocycles. The second kappa shape index (κ2) is 4.80. The van der Waals surface area contributed by atoms with E-state index in [0.29, 0.717) is 5.56 Å². The molecule has 1 rings (SSSR count). The van der Waals surface area contributed by atoms with Gasteiger partial charge in [0.25, 0.3) is 0 Å². The van der Waals surface area contributed by atoms with E-state index in [1.165, 1.54) is 0 Å². The zero-order valence-corrected chi connectivity index (χ0v) is 11.5. The highest BCUT2D eigenvalue weighted by Crippen LogP contribution is 2.26. The third kappa shape index (κ3) is 3.42. The van der Waals surface area contributed by atoms with Crippen LogP contribution < -0.4 is 0 Å². The van der Waals surface area contributed by atoms with E-state index in [9.17, 15) is 13.5 Å². The van der Waals surface area contributed by atoms with Crippen molar-refractivity contribution in [3.8, 4) is 0 Å². The second-order valence-electron chi connectivity index (χ2n) is 3.54. The van der Waals surface area contributed by atoms with Crippen molar-refractivity contribution >= 4 is 32.4 Å². The van der Waals surface area contributed by atoms with E-state index in [1.54, 1.807) is 40.8 Å². The predicted octanol–water partition coefficient (Wildman–Crippen LogP) is 1.83. The summed E-state index contributed by atoms with van der Waals surface area (Å²) >= 11 is 1.75. The smallest absolute Gasteiger partial charge is 0.162 e. The van der Waals surface area contributed by atoms with Gasteiger partial charge < -0.3 is 5.11 Å². The van der Waals surface area contributed by atoms with Crippen LogP contribution in [-0.2, 0) is 9.84 Å². The molecule has 0 aliphatic carbocycles. The highest BCUT2D eigenvalue weighted by Gasteiger charge is 2.26. The Hall–Kier alpha value is -0.140. The molecule has 0 bridgehead atoms. The first-order valence-electron chi connectivity index (χ1n) is 4.40. The number of alkyl halides is 1. The van der Waals surface area contributed by atoms with Crippen molar-refractivity contribution in [3.63, 3.8) is 0 Å². The van der Waals surface area contributed by atoms with Crippen molar-refractivity contribution in [2.75, 3.05) is 6.26 Å². The number of benzene rings is 1. The van der Waals surface area contributed by atoms with Crippen molar-refractivity contribution in [1.29, 1.82) is 0 Å². The normalized spacial score (nSPS) is 16.0. The Morgan fingerprint density at radius 2 is 2.00 bits per heavy atom. The number of aliphatic hydroxyl groups excluding tert-OH is 1. The van der Waals surface area contributed by atoms with Gasteiger partial charge in [-0.2, -0.15) is 0 Å². The first kappa shape index (κ1) is 12.9. The largest absolute Gasteiger partial charge is 0.386 e. The van der Waals surface area contributed by atoms with Gasteiger partial charge in [0.1, 0.15) is 9.36 Å². The molecule has 0 spiro atoms. The zero-order valence-electron chi connectivity index (χ0n) is 8.51. The Morgan fingerprint density at radius 3 is 2.47 bits per heavy atom. The summed E-state index contributed by atoms with van der Waals surface area (Å²) in [6.45, 7) is 1.90. The first-order chi connectivity index (χ1) is 6.82. The fourth-order valence-electron chi connectivity index (χ4n) is 1.24. The maximum atomic E-state index is 11.3. The van der Waals surface area contributed by atoms with Gasteiger partial charge in [0.15, 0.2) is 9.84 Å². The molecular weight excluding hydrogens is 327 g/mol. The second-order valence-corrected chi connectivity index (χ2v) is 7.89. The summed E-state index contributed by atoms with van der Waals surface area (Å²) in [5.41, 5.74) is 1.64. The molecule has 0 saturated heterocycles. The van der Waals surface area contributed by atoms with Crippen LogP contribution in [0.5, 0.6) is 0 Å². The molecule has 1 aromatic rings. The Balaban J connectivity index is 3.00. The molecule has 5 heteroatoms. The lowest BCUT2D eigenvalue weighted by Crippen LogP contribution is -2.21. The van der Waals surface area contributed by atoms with Crippen LogP contribution in [-0.4, -0.2) is 23.0 Å². The summed E-state index contributed by atoms with van der Waals surface area (Å²) in [6, 6.07) is 7.23. The quantitative estimate of drug-likeness (QED) is 0.675. The molecule has 1 aromatic carbocycles. The molecule has 0 aliphatic heterocycles. The van der Waals surface area contributed by atoms with Crippen LogP contribution in [0, 0.1) is 6.92 Å². The SMILES string of the molecule is Cc1cccc([C@H](O)[C@H](I)S(C)(=O)=O)c1. The van der Waals surface area contributed by atoms with Gasteiger partial charge in [-0.25, -0.2) is 8.42 Å². The van der Waals surface area contributed by atoms with Crippen molar-refractivity contribution in [2.24, 2.45) is 0 Å². The monoisotopic (exact) mass is 340 g/mol. The van der Waals surface area contributed by atoms with Crippen LogP contribution in [0.3, 0.4) is 0 Å². The molecule has 3 nitrogen and oxygen atoms in total. The van der Waals surface area contributed by atoms with Crippen molar-refractivity contribution in [3.05, 3.63) is 35.4 Å². The standard InChI is InChI=1S/C10H13IO3S/c1-7-4-3-5-8(6-7)9(12)10(11)15(2,13)14/h3-6,9-10,12H,1-2H3/t9-,10+/m0/s1. The van der Waals surface area contributed by atoms with Gasteiger partial charge in [0.05, 0.1) is 0 Å². The van der Waals surface area contributed by atoms with Crippen LogP contribution in [0.2, 0.25) is 0 Å². The van der Waals surface area contributed by atoms with Gasteiger partial charge in [0, 0.05) is 6.26 Å². The van der Waals surface area contributed by atoms with Crippen molar-refractivity contribution in [1.82, 2.24) is 0 Å².